The number of ether oxygens (including phenoxy) is 1. The van der Waals surface area contributed by atoms with Gasteiger partial charge in [-0.1, -0.05) is 29.8 Å². The molecule has 1 amide bonds. The van der Waals surface area contributed by atoms with Gasteiger partial charge in [-0.3, -0.25) is 4.79 Å². The Labute approximate surface area is 133 Å². The largest absolute Gasteiger partial charge is 0.497 e. The van der Waals surface area contributed by atoms with E-state index in [1.807, 2.05) is 42.5 Å². The van der Waals surface area contributed by atoms with E-state index in [4.69, 9.17) is 16.3 Å². The van der Waals surface area contributed by atoms with Crippen molar-refractivity contribution in [1.29, 1.82) is 0 Å². The second kappa shape index (κ2) is 8.05. The van der Waals surface area contributed by atoms with Gasteiger partial charge in [0.15, 0.2) is 0 Å². The van der Waals surface area contributed by atoms with Crippen molar-refractivity contribution in [2.75, 3.05) is 19.0 Å². The van der Waals surface area contributed by atoms with Gasteiger partial charge in [0.2, 0.25) is 0 Å². The molecule has 2 N–H and O–H groups in total. The van der Waals surface area contributed by atoms with Crippen LogP contribution in [0.5, 0.6) is 5.75 Å². The van der Waals surface area contributed by atoms with Crippen LogP contribution in [0.3, 0.4) is 0 Å². The summed E-state index contributed by atoms with van der Waals surface area (Å²) in [6.07, 6.45) is 1.51. The Morgan fingerprint density at radius 1 is 1.23 bits per heavy atom. The van der Waals surface area contributed by atoms with Crippen molar-refractivity contribution in [3.63, 3.8) is 0 Å². The molecule has 0 aliphatic heterocycles. The molecule has 0 bridgehead atoms. The summed E-state index contributed by atoms with van der Waals surface area (Å²) in [5.41, 5.74) is 4.00. The van der Waals surface area contributed by atoms with Gasteiger partial charge in [0.05, 0.1) is 19.9 Å². The van der Waals surface area contributed by atoms with Gasteiger partial charge in [-0.15, -0.1) is 0 Å². The van der Waals surface area contributed by atoms with Crippen LogP contribution in [0.2, 0.25) is 5.02 Å². The summed E-state index contributed by atoms with van der Waals surface area (Å²) in [7, 11) is 1.60. The Balaban J connectivity index is 1.79. The summed E-state index contributed by atoms with van der Waals surface area (Å²) in [5.74, 6) is 0.512. The van der Waals surface area contributed by atoms with Crippen LogP contribution < -0.4 is 15.5 Å². The minimum Gasteiger partial charge on any atom is -0.497 e. The quantitative estimate of drug-likeness (QED) is 0.636. The van der Waals surface area contributed by atoms with Crippen molar-refractivity contribution >= 4 is 29.4 Å². The van der Waals surface area contributed by atoms with E-state index >= 15 is 0 Å². The summed E-state index contributed by atoms with van der Waals surface area (Å²) in [4.78, 5) is 11.7. The molecule has 0 spiro atoms. The van der Waals surface area contributed by atoms with Crippen LogP contribution in [0.15, 0.2) is 53.6 Å². The normalized spacial score (nSPS) is 10.5. The van der Waals surface area contributed by atoms with Crippen LogP contribution >= 0.6 is 11.6 Å². The zero-order valence-electron chi connectivity index (χ0n) is 12.0. The van der Waals surface area contributed by atoms with Gasteiger partial charge in [-0.25, -0.2) is 5.43 Å². The SMILES string of the molecule is COc1ccc(NCC(=O)N/N=C/c2ccccc2Cl)cc1. The molecule has 114 valence electrons. The minimum atomic E-state index is -0.251. The molecular formula is C16H16ClN3O2. The maximum absolute atomic E-state index is 11.7. The number of hydrogen-bond donors (Lipinski definition) is 2. The highest BCUT2D eigenvalue weighted by Gasteiger charge is 2.00. The highest BCUT2D eigenvalue weighted by atomic mass is 35.5. The third-order valence-electron chi connectivity index (χ3n) is 2.84. The average molecular weight is 318 g/mol. The Bertz CT molecular complexity index is 657. The number of amides is 1. The average Bonchev–Trinajstić information content (AvgIpc) is 2.55. The monoisotopic (exact) mass is 317 g/mol. The van der Waals surface area contributed by atoms with Crippen molar-refractivity contribution in [1.82, 2.24) is 5.43 Å². The summed E-state index contributed by atoms with van der Waals surface area (Å²) in [6.45, 7) is 0.117. The van der Waals surface area contributed by atoms with Crippen LogP contribution in [0.4, 0.5) is 5.69 Å². The van der Waals surface area contributed by atoms with E-state index in [0.717, 1.165) is 17.0 Å². The number of nitrogens with one attached hydrogen (secondary N) is 2. The number of carbonyl (C=O) groups excluding carboxylic acids is 1. The second-order valence-electron chi connectivity index (χ2n) is 4.40. The van der Waals surface area contributed by atoms with Gasteiger partial charge < -0.3 is 10.1 Å². The van der Waals surface area contributed by atoms with Gasteiger partial charge in [0.1, 0.15) is 5.75 Å². The number of hydrogen-bond acceptors (Lipinski definition) is 4. The predicted octanol–water partition coefficient (Wildman–Crippen LogP) is 2.91. The fourth-order valence-electron chi connectivity index (χ4n) is 1.68. The van der Waals surface area contributed by atoms with Crippen LogP contribution in [0.25, 0.3) is 0 Å². The smallest absolute Gasteiger partial charge is 0.259 e. The van der Waals surface area contributed by atoms with Crippen molar-refractivity contribution in [3.8, 4) is 5.75 Å². The number of carbonyl (C=O) groups is 1. The molecule has 22 heavy (non-hydrogen) atoms. The van der Waals surface area contributed by atoms with Crippen LogP contribution in [-0.2, 0) is 4.79 Å². The summed E-state index contributed by atoms with van der Waals surface area (Å²) in [5, 5.41) is 7.44. The molecule has 0 aliphatic carbocycles. The first kappa shape index (κ1) is 15.9. The molecule has 5 nitrogen and oxygen atoms in total. The first-order valence-electron chi connectivity index (χ1n) is 6.63. The van der Waals surface area contributed by atoms with Crippen LogP contribution in [0.1, 0.15) is 5.56 Å². The van der Waals surface area contributed by atoms with Crippen LogP contribution in [0, 0.1) is 0 Å². The third kappa shape index (κ3) is 4.79. The van der Waals surface area contributed by atoms with Gasteiger partial charge >= 0.3 is 0 Å². The van der Waals surface area contributed by atoms with Gasteiger partial charge in [-0.05, 0) is 30.3 Å². The molecule has 0 atom stereocenters. The zero-order valence-corrected chi connectivity index (χ0v) is 12.8. The first-order valence-corrected chi connectivity index (χ1v) is 7.01. The molecule has 0 unspecified atom stereocenters. The molecule has 0 saturated heterocycles. The maximum Gasteiger partial charge on any atom is 0.259 e. The Morgan fingerprint density at radius 3 is 2.64 bits per heavy atom. The number of benzene rings is 2. The standard InChI is InChI=1S/C16H16ClN3O2/c1-22-14-8-6-13(7-9-14)18-11-16(21)20-19-10-12-4-2-3-5-15(12)17/h2-10,18H,11H2,1H3,(H,20,21)/b19-10+. The Morgan fingerprint density at radius 2 is 1.95 bits per heavy atom. The number of halogens is 1. The fourth-order valence-corrected chi connectivity index (χ4v) is 1.87. The summed E-state index contributed by atoms with van der Waals surface area (Å²) in [6, 6.07) is 14.5. The lowest BCUT2D eigenvalue weighted by Gasteiger charge is -2.06. The molecule has 0 heterocycles. The van der Waals surface area contributed by atoms with E-state index < -0.39 is 0 Å². The topological polar surface area (TPSA) is 62.7 Å². The zero-order chi connectivity index (χ0) is 15.8. The van der Waals surface area contributed by atoms with Gasteiger partial charge in [0, 0.05) is 16.3 Å². The van der Waals surface area contributed by atoms with Crippen molar-refractivity contribution in [2.24, 2.45) is 5.10 Å². The summed E-state index contributed by atoms with van der Waals surface area (Å²) < 4.78 is 5.06. The lowest BCUT2D eigenvalue weighted by atomic mass is 10.2. The van der Waals surface area contributed by atoms with Gasteiger partial charge in [-0.2, -0.15) is 5.10 Å². The molecule has 0 radical (unpaired) electrons. The molecule has 0 aromatic heterocycles. The molecule has 2 aromatic carbocycles. The number of hydrazone groups is 1. The van der Waals surface area contributed by atoms with Crippen LogP contribution in [-0.4, -0.2) is 25.8 Å². The highest BCUT2D eigenvalue weighted by Crippen LogP contribution is 2.14. The van der Waals surface area contributed by atoms with E-state index in [0.29, 0.717) is 5.02 Å². The number of anilines is 1. The van der Waals surface area contributed by atoms with Crippen molar-refractivity contribution in [2.45, 2.75) is 0 Å². The highest BCUT2D eigenvalue weighted by molar-refractivity contribution is 6.33. The number of nitrogens with zero attached hydrogens (tertiary/aromatic N) is 1. The predicted molar refractivity (Wildman–Crippen MR) is 88.7 cm³/mol. The molecule has 0 saturated carbocycles. The molecule has 2 aromatic rings. The third-order valence-corrected chi connectivity index (χ3v) is 3.19. The van der Waals surface area contributed by atoms with Gasteiger partial charge in [0.25, 0.3) is 5.91 Å². The van der Waals surface area contributed by atoms with E-state index in [2.05, 4.69) is 15.8 Å². The molecular weight excluding hydrogens is 302 g/mol. The number of methoxy groups -OCH3 is 1. The summed E-state index contributed by atoms with van der Waals surface area (Å²) >= 11 is 5.98. The Kier molecular flexibility index (Phi) is 5.80. The molecule has 0 aliphatic rings. The van der Waals surface area contributed by atoms with Crippen molar-refractivity contribution < 1.29 is 9.53 Å². The minimum absolute atomic E-state index is 0.117. The molecule has 0 fully saturated rings. The van der Waals surface area contributed by atoms with E-state index in [1.54, 1.807) is 13.2 Å². The molecule has 6 heteroatoms. The maximum atomic E-state index is 11.7. The first-order chi connectivity index (χ1) is 10.7. The Hall–Kier alpha value is -2.53. The fraction of sp³-hybridized carbons (Fsp3) is 0.125. The lowest BCUT2D eigenvalue weighted by Crippen LogP contribution is -2.25. The second-order valence-corrected chi connectivity index (χ2v) is 4.80. The lowest BCUT2D eigenvalue weighted by molar-refractivity contribution is -0.119. The number of rotatable bonds is 6. The van der Waals surface area contributed by atoms with E-state index in [9.17, 15) is 4.79 Å². The van der Waals surface area contributed by atoms with E-state index in [1.165, 1.54) is 6.21 Å². The molecule has 2 rings (SSSR count). The van der Waals surface area contributed by atoms with E-state index in [-0.39, 0.29) is 12.5 Å². The van der Waals surface area contributed by atoms with Crippen molar-refractivity contribution in [3.05, 3.63) is 59.1 Å².